The van der Waals surface area contributed by atoms with Crippen molar-refractivity contribution in [3.8, 4) is 11.8 Å². The highest BCUT2D eigenvalue weighted by Crippen LogP contribution is 2.22. The van der Waals surface area contributed by atoms with Crippen molar-refractivity contribution in [2.75, 3.05) is 6.61 Å². The summed E-state index contributed by atoms with van der Waals surface area (Å²) in [5.74, 6) is -0.138. The van der Waals surface area contributed by atoms with Crippen molar-refractivity contribution >= 4 is 35.3 Å². The van der Waals surface area contributed by atoms with E-state index in [1.807, 2.05) is 6.07 Å². The highest BCUT2D eigenvalue weighted by molar-refractivity contribution is 6.38. The maximum atomic E-state index is 11.7. The van der Waals surface area contributed by atoms with Crippen molar-refractivity contribution in [1.29, 1.82) is 5.26 Å². The number of para-hydroxylation sites is 1. The van der Waals surface area contributed by atoms with Crippen LogP contribution in [0.15, 0.2) is 47.6 Å². The lowest BCUT2D eigenvalue weighted by Crippen LogP contribution is -2.24. The summed E-state index contributed by atoms with van der Waals surface area (Å²) in [4.78, 5) is 11.7. The molecule has 0 aliphatic rings. The van der Waals surface area contributed by atoms with Crippen LogP contribution in [0.25, 0.3) is 0 Å². The summed E-state index contributed by atoms with van der Waals surface area (Å²) in [6.07, 6.45) is 1.35. The van der Waals surface area contributed by atoms with Gasteiger partial charge in [0.1, 0.15) is 11.8 Å². The van der Waals surface area contributed by atoms with Gasteiger partial charge in [-0.05, 0) is 24.3 Å². The van der Waals surface area contributed by atoms with E-state index in [4.69, 9.17) is 33.2 Å². The van der Waals surface area contributed by atoms with Crippen molar-refractivity contribution in [1.82, 2.24) is 5.43 Å². The number of ether oxygens (including phenoxy) is 1. The number of amides is 1. The molecule has 7 heteroatoms. The summed E-state index contributed by atoms with van der Waals surface area (Å²) in [5.41, 5.74) is 3.16. The standard InChI is InChI=1S/C16H11Cl2N3O2/c17-13-5-3-6-14(18)12(13)9-20-21-16(22)10-23-15-7-2-1-4-11(15)8-19/h1-7,9H,10H2,(H,21,22)/b20-9+. The molecule has 5 nitrogen and oxygen atoms in total. The summed E-state index contributed by atoms with van der Waals surface area (Å²) in [6.45, 7) is -0.272. The van der Waals surface area contributed by atoms with Crippen LogP contribution in [0.5, 0.6) is 5.75 Å². The SMILES string of the molecule is N#Cc1ccccc1OCC(=O)N/N=C/c1c(Cl)cccc1Cl. The molecule has 0 unspecified atom stereocenters. The Labute approximate surface area is 143 Å². The summed E-state index contributed by atoms with van der Waals surface area (Å²) < 4.78 is 5.28. The van der Waals surface area contributed by atoms with E-state index in [1.54, 1.807) is 42.5 Å². The molecule has 0 aromatic heterocycles. The first-order valence-electron chi connectivity index (χ1n) is 6.49. The van der Waals surface area contributed by atoms with Crippen molar-refractivity contribution < 1.29 is 9.53 Å². The number of benzene rings is 2. The zero-order chi connectivity index (χ0) is 16.7. The number of carbonyl (C=O) groups excluding carboxylic acids is 1. The number of hydrogen-bond donors (Lipinski definition) is 1. The molecular formula is C16H11Cl2N3O2. The van der Waals surface area contributed by atoms with E-state index in [0.29, 0.717) is 26.9 Å². The van der Waals surface area contributed by atoms with Crippen LogP contribution in [0.2, 0.25) is 10.0 Å². The van der Waals surface area contributed by atoms with Crippen LogP contribution in [0.3, 0.4) is 0 Å². The largest absolute Gasteiger partial charge is 0.482 e. The number of rotatable bonds is 5. The fourth-order valence-electron chi connectivity index (χ4n) is 1.66. The predicted molar refractivity (Wildman–Crippen MR) is 88.9 cm³/mol. The van der Waals surface area contributed by atoms with Crippen LogP contribution < -0.4 is 10.2 Å². The third kappa shape index (κ3) is 4.71. The maximum absolute atomic E-state index is 11.7. The predicted octanol–water partition coefficient (Wildman–Crippen LogP) is 3.39. The van der Waals surface area contributed by atoms with Gasteiger partial charge in [-0.25, -0.2) is 5.43 Å². The number of halogens is 2. The van der Waals surface area contributed by atoms with Gasteiger partial charge in [0.15, 0.2) is 6.61 Å². The monoisotopic (exact) mass is 347 g/mol. The van der Waals surface area contributed by atoms with Gasteiger partial charge in [0.2, 0.25) is 0 Å². The Morgan fingerprint density at radius 2 is 1.91 bits per heavy atom. The molecule has 0 aliphatic heterocycles. The second-order valence-electron chi connectivity index (χ2n) is 4.33. The first-order chi connectivity index (χ1) is 11.1. The van der Waals surface area contributed by atoms with E-state index in [9.17, 15) is 4.79 Å². The van der Waals surface area contributed by atoms with Crippen LogP contribution in [-0.2, 0) is 4.79 Å². The van der Waals surface area contributed by atoms with Crippen LogP contribution in [0, 0.1) is 11.3 Å². The molecule has 1 amide bonds. The number of nitriles is 1. The molecule has 0 bridgehead atoms. The van der Waals surface area contributed by atoms with E-state index >= 15 is 0 Å². The van der Waals surface area contributed by atoms with Crippen molar-refractivity contribution in [2.45, 2.75) is 0 Å². The van der Waals surface area contributed by atoms with Crippen molar-refractivity contribution in [2.24, 2.45) is 5.10 Å². The smallest absolute Gasteiger partial charge is 0.277 e. The lowest BCUT2D eigenvalue weighted by atomic mass is 10.2. The Hall–Kier alpha value is -2.55. The summed E-state index contributed by atoms with van der Waals surface area (Å²) in [7, 11) is 0. The van der Waals surface area contributed by atoms with E-state index in [-0.39, 0.29) is 6.61 Å². The minimum Gasteiger partial charge on any atom is -0.482 e. The number of nitrogens with one attached hydrogen (secondary N) is 1. The van der Waals surface area contributed by atoms with Gasteiger partial charge in [-0.2, -0.15) is 10.4 Å². The van der Waals surface area contributed by atoms with Crippen LogP contribution in [-0.4, -0.2) is 18.7 Å². The highest BCUT2D eigenvalue weighted by Gasteiger charge is 2.06. The number of hydrogen-bond acceptors (Lipinski definition) is 4. The highest BCUT2D eigenvalue weighted by atomic mass is 35.5. The quantitative estimate of drug-likeness (QED) is 0.665. The summed E-state index contributed by atoms with van der Waals surface area (Å²) in [5, 5.41) is 13.6. The molecule has 2 rings (SSSR count). The van der Waals surface area contributed by atoms with Crippen molar-refractivity contribution in [3.05, 3.63) is 63.6 Å². The average Bonchev–Trinajstić information content (AvgIpc) is 2.56. The molecule has 23 heavy (non-hydrogen) atoms. The number of hydrazone groups is 1. The minimum atomic E-state index is -0.475. The third-order valence-corrected chi connectivity index (χ3v) is 3.41. The Balaban J connectivity index is 1.91. The van der Waals surface area contributed by atoms with Gasteiger partial charge in [0.05, 0.1) is 21.8 Å². The van der Waals surface area contributed by atoms with Crippen LogP contribution in [0.4, 0.5) is 0 Å². The Morgan fingerprint density at radius 1 is 1.22 bits per heavy atom. The van der Waals surface area contributed by atoms with E-state index in [0.717, 1.165) is 0 Å². The normalized spacial score (nSPS) is 10.3. The molecule has 0 saturated heterocycles. The molecule has 0 spiro atoms. The van der Waals surface area contributed by atoms with Gasteiger partial charge in [0.25, 0.3) is 5.91 Å². The van der Waals surface area contributed by atoms with Gasteiger partial charge in [0, 0.05) is 5.56 Å². The molecule has 0 aliphatic carbocycles. The lowest BCUT2D eigenvalue weighted by molar-refractivity contribution is -0.123. The van der Waals surface area contributed by atoms with E-state index < -0.39 is 5.91 Å². The molecular weight excluding hydrogens is 337 g/mol. The molecule has 116 valence electrons. The van der Waals surface area contributed by atoms with Gasteiger partial charge < -0.3 is 4.74 Å². The van der Waals surface area contributed by atoms with Crippen molar-refractivity contribution in [3.63, 3.8) is 0 Å². The molecule has 0 saturated carbocycles. The maximum Gasteiger partial charge on any atom is 0.277 e. The number of carbonyl (C=O) groups is 1. The fourth-order valence-corrected chi connectivity index (χ4v) is 2.16. The molecule has 2 aromatic carbocycles. The molecule has 0 atom stereocenters. The molecule has 1 N–H and O–H groups in total. The first-order valence-corrected chi connectivity index (χ1v) is 7.25. The Kier molecular flexibility index (Phi) is 5.98. The zero-order valence-electron chi connectivity index (χ0n) is 11.8. The topological polar surface area (TPSA) is 74.5 Å². The van der Waals surface area contributed by atoms with Crippen LogP contribution >= 0.6 is 23.2 Å². The third-order valence-electron chi connectivity index (χ3n) is 2.75. The van der Waals surface area contributed by atoms with Gasteiger partial charge in [-0.3, -0.25) is 4.79 Å². The molecule has 2 aromatic rings. The second-order valence-corrected chi connectivity index (χ2v) is 5.14. The fraction of sp³-hybridized carbons (Fsp3) is 0.0625. The van der Waals surface area contributed by atoms with E-state index in [2.05, 4.69) is 10.5 Å². The van der Waals surface area contributed by atoms with E-state index in [1.165, 1.54) is 6.21 Å². The molecule has 0 fully saturated rings. The zero-order valence-corrected chi connectivity index (χ0v) is 13.3. The lowest BCUT2D eigenvalue weighted by Gasteiger charge is -2.06. The van der Waals surface area contributed by atoms with Gasteiger partial charge in [-0.1, -0.05) is 41.4 Å². The Bertz CT molecular complexity index is 765. The first kappa shape index (κ1) is 16.8. The summed E-state index contributed by atoms with van der Waals surface area (Å²) >= 11 is 12.0. The summed E-state index contributed by atoms with van der Waals surface area (Å²) in [6, 6.07) is 13.7. The average molecular weight is 348 g/mol. The molecule has 0 heterocycles. The van der Waals surface area contributed by atoms with Gasteiger partial charge in [-0.15, -0.1) is 0 Å². The van der Waals surface area contributed by atoms with Crippen LogP contribution in [0.1, 0.15) is 11.1 Å². The molecule has 0 radical (unpaired) electrons. The Morgan fingerprint density at radius 3 is 2.61 bits per heavy atom. The second kappa shape index (κ2) is 8.18. The van der Waals surface area contributed by atoms with Gasteiger partial charge >= 0.3 is 0 Å². The minimum absolute atomic E-state index is 0.272. The number of nitrogens with zero attached hydrogens (tertiary/aromatic N) is 2.